The van der Waals surface area contributed by atoms with Gasteiger partial charge in [-0.2, -0.15) is 0 Å². The Hall–Kier alpha value is -1.02. The molecule has 0 radical (unpaired) electrons. The van der Waals surface area contributed by atoms with Gasteiger partial charge in [-0.05, 0) is 74.0 Å². The maximum atomic E-state index is 6.43. The summed E-state index contributed by atoms with van der Waals surface area (Å²) in [6, 6.07) is 8.71. The van der Waals surface area contributed by atoms with Gasteiger partial charge in [0.05, 0.1) is 6.10 Å². The van der Waals surface area contributed by atoms with E-state index in [9.17, 15) is 0 Å². The van der Waals surface area contributed by atoms with Crippen molar-refractivity contribution in [3.05, 3.63) is 29.8 Å². The quantitative estimate of drug-likeness (QED) is 0.876. The minimum absolute atomic E-state index is 0.203. The number of hydrogen-bond donors (Lipinski definition) is 1. The van der Waals surface area contributed by atoms with Crippen LogP contribution in [0.4, 0.5) is 0 Å². The molecule has 4 atom stereocenters. The smallest absolute Gasteiger partial charge is 0.119 e. The Morgan fingerprint density at radius 2 is 1.85 bits per heavy atom. The van der Waals surface area contributed by atoms with Crippen LogP contribution < -0.4 is 10.5 Å². The summed E-state index contributed by atoms with van der Waals surface area (Å²) in [5, 5.41) is 0. The van der Waals surface area contributed by atoms with Crippen molar-refractivity contribution in [3.63, 3.8) is 0 Å². The number of ether oxygens (including phenoxy) is 1. The van der Waals surface area contributed by atoms with Crippen molar-refractivity contribution >= 4 is 0 Å². The Kier molecular flexibility index (Phi) is 3.22. The molecule has 3 fully saturated rings. The van der Waals surface area contributed by atoms with Gasteiger partial charge >= 0.3 is 0 Å². The minimum Gasteiger partial charge on any atom is -0.490 e. The second-order valence-corrected chi connectivity index (χ2v) is 7.16. The molecule has 4 rings (SSSR count). The molecule has 3 aliphatic carbocycles. The zero-order chi connectivity index (χ0) is 13.5. The molecule has 1 aromatic carbocycles. The van der Waals surface area contributed by atoms with Gasteiger partial charge in [0.2, 0.25) is 0 Å². The van der Waals surface area contributed by atoms with E-state index in [4.69, 9.17) is 10.5 Å². The van der Waals surface area contributed by atoms with Crippen LogP contribution in [0.2, 0.25) is 0 Å². The summed E-state index contributed by atoms with van der Waals surface area (Å²) in [6.07, 6.45) is 9.91. The molecule has 0 heterocycles. The molecule has 2 bridgehead atoms. The Morgan fingerprint density at radius 3 is 2.45 bits per heavy atom. The molecule has 4 unspecified atom stereocenters. The molecule has 2 heteroatoms. The average Bonchev–Trinajstić information content (AvgIpc) is 3.03. The van der Waals surface area contributed by atoms with Crippen LogP contribution in [0.5, 0.6) is 5.75 Å². The van der Waals surface area contributed by atoms with Crippen LogP contribution >= 0.6 is 0 Å². The number of rotatable bonds is 5. The molecule has 0 spiro atoms. The Morgan fingerprint density at radius 1 is 1.05 bits per heavy atom. The summed E-state index contributed by atoms with van der Waals surface area (Å²) in [6.45, 7) is 0. The highest BCUT2D eigenvalue weighted by atomic mass is 16.5. The van der Waals surface area contributed by atoms with Crippen LogP contribution in [-0.4, -0.2) is 6.10 Å². The van der Waals surface area contributed by atoms with E-state index in [1.165, 1.54) is 50.5 Å². The van der Waals surface area contributed by atoms with Gasteiger partial charge < -0.3 is 10.5 Å². The highest BCUT2D eigenvalue weighted by Crippen LogP contribution is 2.50. The van der Waals surface area contributed by atoms with E-state index < -0.39 is 0 Å². The summed E-state index contributed by atoms with van der Waals surface area (Å²) >= 11 is 0. The lowest BCUT2D eigenvalue weighted by Crippen LogP contribution is -2.19. The van der Waals surface area contributed by atoms with Crippen molar-refractivity contribution < 1.29 is 4.74 Å². The van der Waals surface area contributed by atoms with Crippen LogP contribution in [-0.2, 0) is 0 Å². The second-order valence-electron chi connectivity index (χ2n) is 7.16. The van der Waals surface area contributed by atoms with Gasteiger partial charge in [-0.15, -0.1) is 0 Å². The standard InChI is InChI=1S/C18H25NO/c19-18(11-15-10-12-1-2-14(15)9-12)13-3-5-16(6-4-13)20-17-7-8-17/h3-6,12,14-15,17-18H,1-2,7-11,19H2. The number of fused-ring (bicyclic) bond motifs is 2. The molecule has 0 aromatic heterocycles. The predicted molar refractivity (Wildman–Crippen MR) is 80.6 cm³/mol. The van der Waals surface area contributed by atoms with Crippen LogP contribution in [0.15, 0.2) is 24.3 Å². The van der Waals surface area contributed by atoms with Crippen molar-refractivity contribution in [3.8, 4) is 5.75 Å². The molecule has 2 nitrogen and oxygen atoms in total. The third-order valence-electron chi connectivity index (χ3n) is 5.58. The number of benzene rings is 1. The van der Waals surface area contributed by atoms with E-state index in [0.29, 0.717) is 6.10 Å². The van der Waals surface area contributed by atoms with Gasteiger partial charge in [-0.1, -0.05) is 18.6 Å². The van der Waals surface area contributed by atoms with Gasteiger partial charge in [-0.25, -0.2) is 0 Å². The van der Waals surface area contributed by atoms with Crippen LogP contribution in [0, 0.1) is 17.8 Å². The first kappa shape index (κ1) is 12.7. The fourth-order valence-electron chi connectivity index (χ4n) is 4.30. The SMILES string of the molecule is NC(CC1CC2CCC1C2)c1ccc(OC2CC2)cc1. The number of hydrogen-bond acceptors (Lipinski definition) is 2. The zero-order valence-electron chi connectivity index (χ0n) is 12.1. The van der Waals surface area contributed by atoms with Gasteiger partial charge in [-0.3, -0.25) is 0 Å². The first-order valence-corrected chi connectivity index (χ1v) is 8.30. The molecule has 20 heavy (non-hydrogen) atoms. The van der Waals surface area contributed by atoms with Crippen LogP contribution in [0.25, 0.3) is 0 Å². The third kappa shape index (κ3) is 2.58. The fraction of sp³-hybridized carbons (Fsp3) is 0.667. The Labute approximate surface area is 121 Å². The number of nitrogens with two attached hydrogens (primary N) is 1. The van der Waals surface area contributed by atoms with Crippen molar-refractivity contribution in [2.24, 2.45) is 23.5 Å². The average molecular weight is 271 g/mol. The highest BCUT2D eigenvalue weighted by Gasteiger charge is 2.39. The lowest BCUT2D eigenvalue weighted by molar-refractivity contribution is 0.295. The van der Waals surface area contributed by atoms with Gasteiger partial charge in [0, 0.05) is 6.04 Å². The Balaban J connectivity index is 1.36. The van der Waals surface area contributed by atoms with Gasteiger partial charge in [0.1, 0.15) is 5.75 Å². The summed E-state index contributed by atoms with van der Waals surface area (Å²) in [4.78, 5) is 0. The molecule has 3 aliphatic rings. The molecule has 0 aliphatic heterocycles. The van der Waals surface area contributed by atoms with E-state index >= 15 is 0 Å². The molecule has 2 N–H and O–H groups in total. The lowest BCUT2D eigenvalue weighted by Gasteiger charge is -2.25. The first-order valence-electron chi connectivity index (χ1n) is 8.30. The van der Waals surface area contributed by atoms with Gasteiger partial charge in [0.15, 0.2) is 0 Å². The molecule has 0 amide bonds. The molecule has 108 valence electrons. The Bertz CT molecular complexity index is 465. The lowest BCUT2D eigenvalue weighted by atomic mass is 9.83. The summed E-state index contributed by atoms with van der Waals surface area (Å²) in [5.74, 6) is 3.88. The fourth-order valence-corrected chi connectivity index (χ4v) is 4.30. The molecular formula is C18H25NO. The molecular weight excluding hydrogens is 246 g/mol. The van der Waals surface area contributed by atoms with Crippen LogP contribution in [0.1, 0.15) is 56.6 Å². The highest BCUT2D eigenvalue weighted by molar-refractivity contribution is 5.29. The zero-order valence-corrected chi connectivity index (χ0v) is 12.1. The minimum atomic E-state index is 0.203. The van der Waals surface area contributed by atoms with Crippen molar-refractivity contribution in [1.82, 2.24) is 0 Å². The molecule has 0 saturated heterocycles. The first-order chi connectivity index (χ1) is 9.78. The third-order valence-corrected chi connectivity index (χ3v) is 5.58. The largest absolute Gasteiger partial charge is 0.490 e. The van der Waals surface area contributed by atoms with E-state index in [-0.39, 0.29) is 6.04 Å². The summed E-state index contributed by atoms with van der Waals surface area (Å²) < 4.78 is 5.79. The van der Waals surface area contributed by atoms with Crippen molar-refractivity contribution in [1.29, 1.82) is 0 Å². The van der Waals surface area contributed by atoms with E-state index in [0.717, 1.165) is 23.5 Å². The van der Waals surface area contributed by atoms with Crippen LogP contribution in [0.3, 0.4) is 0 Å². The van der Waals surface area contributed by atoms with E-state index in [1.54, 1.807) is 0 Å². The normalized spacial score (nSPS) is 33.4. The molecule has 3 saturated carbocycles. The predicted octanol–water partition coefficient (Wildman–Crippen LogP) is 4.05. The van der Waals surface area contributed by atoms with Crippen molar-refractivity contribution in [2.45, 2.75) is 57.1 Å². The maximum Gasteiger partial charge on any atom is 0.119 e. The second kappa shape index (κ2) is 5.07. The van der Waals surface area contributed by atoms with Crippen molar-refractivity contribution in [2.75, 3.05) is 0 Å². The van der Waals surface area contributed by atoms with E-state index in [2.05, 4.69) is 24.3 Å². The maximum absolute atomic E-state index is 6.43. The monoisotopic (exact) mass is 271 g/mol. The molecule has 1 aromatic rings. The topological polar surface area (TPSA) is 35.2 Å². The van der Waals surface area contributed by atoms with Gasteiger partial charge in [0.25, 0.3) is 0 Å². The summed E-state index contributed by atoms with van der Waals surface area (Å²) in [5.41, 5.74) is 7.70. The summed E-state index contributed by atoms with van der Waals surface area (Å²) in [7, 11) is 0. The van der Waals surface area contributed by atoms with E-state index in [1.807, 2.05) is 0 Å².